The molecule has 2 rings (SSSR count). The van der Waals surface area contributed by atoms with Crippen LogP contribution in [0.4, 0.5) is 0 Å². The van der Waals surface area contributed by atoms with Gasteiger partial charge in [-0.2, -0.15) is 0 Å². The zero-order valence-corrected chi connectivity index (χ0v) is 11.2. The SMILES string of the molecule is CC(NC(=O)c1ccc(C#CCN)cc1)c1ncc[nH]1. The molecule has 2 aromatic rings. The first-order chi connectivity index (χ1) is 9.70. The van der Waals surface area contributed by atoms with E-state index < -0.39 is 0 Å². The number of aromatic nitrogens is 2. The van der Waals surface area contributed by atoms with Crippen molar-refractivity contribution in [2.45, 2.75) is 13.0 Å². The van der Waals surface area contributed by atoms with Gasteiger partial charge in [-0.3, -0.25) is 4.79 Å². The number of rotatable bonds is 3. The molecule has 0 saturated heterocycles. The third kappa shape index (κ3) is 3.46. The Kier molecular flexibility index (Phi) is 4.53. The number of carbonyl (C=O) groups excluding carboxylic acids is 1. The summed E-state index contributed by atoms with van der Waals surface area (Å²) in [6, 6.07) is 6.91. The van der Waals surface area contributed by atoms with Gasteiger partial charge < -0.3 is 16.0 Å². The Labute approximate surface area is 117 Å². The van der Waals surface area contributed by atoms with Crippen molar-refractivity contribution >= 4 is 5.91 Å². The van der Waals surface area contributed by atoms with Crippen LogP contribution in [-0.4, -0.2) is 22.4 Å². The van der Waals surface area contributed by atoms with Crippen molar-refractivity contribution in [2.75, 3.05) is 6.54 Å². The minimum absolute atomic E-state index is 0.146. The van der Waals surface area contributed by atoms with Gasteiger partial charge in [0.05, 0.1) is 12.6 Å². The van der Waals surface area contributed by atoms with Crippen molar-refractivity contribution in [3.63, 3.8) is 0 Å². The maximum absolute atomic E-state index is 12.1. The van der Waals surface area contributed by atoms with Crippen LogP contribution in [0, 0.1) is 11.8 Å². The minimum atomic E-state index is -0.172. The van der Waals surface area contributed by atoms with Crippen LogP contribution in [0.1, 0.15) is 34.7 Å². The second-order valence-corrected chi connectivity index (χ2v) is 4.25. The van der Waals surface area contributed by atoms with E-state index >= 15 is 0 Å². The monoisotopic (exact) mass is 268 g/mol. The fourth-order valence-electron chi connectivity index (χ4n) is 1.72. The second kappa shape index (κ2) is 6.55. The number of amides is 1. The number of hydrogen-bond donors (Lipinski definition) is 3. The van der Waals surface area contributed by atoms with Crippen molar-refractivity contribution in [1.29, 1.82) is 0 Å². The van der Waals surface area contributed by atoms with Crippen LogP contribution in [-0.2, 0) is 0 Å². The zero-order valence-electron chi connectivity index (χ0n) is 11.2. The fraction of sp³-hybridized carbons (Fsp3) is 0.200. The van der Waals surface area contributed by atoms with Gasteiger partial charge >= 0.3 is 0 Å². The molecule has 4 N–H and O–H groups in total. The maximum atomic E-state index is 12.1. The standard InChI is InChI=1S/C15H16N4O/c1-11(14-17-9-10-18-14)19-15(20)13-6-4-12(5-7-13)3-2-8-16/h4-7,9-11H,8,16H2,1H3,(H,17,18)(H,19,20). The van der Waals surface area contributed by atoms with E-state index in [-0.39, 0.29) is 11.9 Å². The van der Waals surface area contributed by atoms with E-state index in [1.54, 1.807) is 36.7 Å². The van der Waals surface area contributed by atoms with Gasteiger partial charge in [0.1, 0.15) is 5.82 Å². The topological polar surface area (TPSA) is 83.8 Å². The predicted octanol–water partition coefficient (Wildman–Crippen LogP) is 1.21. The molecule has 5 heteroatoms. The summed E-state index contributed by atoms with van der Waals surface area (Å²) in [4.78, 5) is 19.1. The number of carbonyl (C=O) groups is 1. The average Bonchev–Trinajstić information content (AvgIpc) is 3.00. The van der Waals surface area contributed by atoms with Crippen molar-refractivity contribution in [3.8, 4) is 11.8 Å². The van der Waals surface area contributed by atoms with E-state index in [4.69, 9.17) is 5.73 Å². The summed E-state index contributed by atoms with van der Waals surface area (Å²) in [6.45, 7) is 2.20. The summed E-state index contributed by atoms with van der Waals surface area (Å²) >= 11 is 0. The van der Waals surface area contributed by atoms with Gasteiger partial charge in [0.25, 0.3) is 5.91 Å². The Hall–Kier alpha value is -2.58. The van der Waals surface area contributed by atoms with Crippen LogP contribution in [0.5, 0.6) is 0 Å². The van der Waals surface area contributed by atoms with Gasteiger partial charge in [0, 0.05) is 23.5 Å². The first-order valence-electron chi connectivity index (χ1n) is 6.30. The van der Waals surface area contributed by atoms with Gasteiger partial charge in [-0.25, -0.2) is 4.98 Å². The third-order valence-electron chi connectivity index (χ3n) is 2.76. The molecular formula is C15H16N4O. The van der Waals surface area contributed by atoms with Crippen LogP contribution >= 0.6 is 0 Å². The lowest BCUT2D eigenvalue weighted by Gasteiger charge is -2.11. The van der Waals surface area contributed by atoms with Crippen molar-refractivity contribution < 1.29 is 4.79 Å². The summed E-state index contributed by atoms with van der Waals surface area (Å²) in [5.41, 5.74) is 6.73. The Bertz CT molecular complexity index is 620. The van der Waals surface area contributed by atoms with Crippen LogP contribution in [0.15, 0.2) is 36.7 Å². The molecule has 1 aromatic heterocycles. The van der Waals surface area contributed by atoms with Gasteiger partial charge in [-0.05, 0) is 31.2 Å². The second-order valence-electron chi connectivity index (χ2n) is 4.25. The number of imidazole rings is 1. The Morgan fingerprint density at radius 2 is 2.20 bits per heavy atom. The fourth-order valence-corrected chi connectivity index (χ4v) is 1.72. The average molecular weight is 268 g/mol. The molecule has 1 aromatic carbocycles. The quantitative estimate of drug-likeness (QED) is 0.732. The number of H-pyrrole nitrogens is 1. The lowest BCUT2D eigenvalue weighted by Crippen LogP contribution is -2.27. The summed E-state index contributed by atoms with van der Waals surface area (Å²) in [5.74, 6) is 6.26. The Morgan fingerprint density at radius 1 is 1.45 bits per heavy atom. The van der Waals surface area contributed by atoms with Crippen molar-refractivity contribution in [2.24, 2.45) is 5.73 Å². The number of benzene rings is 1. The minimum Gasteiger partial charge on any atom is -0.347 e. The molecule has 102 valence electrons. The van der Waals surface area contributed by atoms with Gasteiger partial charge in [0.2, 0.25) is 0 Å². The Balaban J connectivity index is 2.02. The van der Waals surface area contributed by atoms with Gasteiger partial charge in [-0.1, -0.05) is 11.8 Å². The van der Waals surface area contributed by atoms with Crippen LogP contribution in [0.25, 0.3) is 0 Å². The molecule has 0 bridgehead atoms. The number of nitrogens with two attached hydrogens (primary N) is 1. The van der Waals surface area contributed by atoms with Crippen molar-refractivity contribution in [3.05, 3.63) is 53.6 Å². The van der Waals surface area contributed by atoms with Crippen LogP contribution in [0.3, 0.4) is 0 Å². The Morgan fingerprint density at radius 3 is 2.80 bits per heavy atom. The van der Waals surface area contributed by atoms with Crippen LogP contribution in [0.2, 0.25) is 0 Å². The molecule has 0 radical (unpaired) electrons. The lowest BCUT2D eigenvalue weighted by molar-refractivity contribution is 0.0938. The molecule has 0 aliphatic carbocycles. The van der Waals surface area contributed by atoms with Gasteiger partial charge in [0.15, 0.2) is 0 Å². The molecule has 1 heterocycles. The highest BCUT2D eigenvalue weighted by Crippen LogP contribution is 2.08. The molecule has 0 spiro atoms. The molecule has 0 saturated carbocycles. The molecule has 20 heavy (non-hydrogen) atoms. The highest BCUT2D eigenvalue weighted by atomic mass is 16.1. The molecule has 1 unspecified atom stereocenters. The van der Waals surface area contributed by atoms with E-state index in [0.29, 0.717) is 12.1 Å². The summed E-state index contributed by atoms with van der Waals surface area (Å²) in [7, 11) is 0. The highest BCUT2D eigenvalue weighted by molar-refractivity contribution is 5.94. The summed E-state index contributed by atoms with van der Waals surface area (Å²) in [6.07, 6.45) is 3.38. The van der Waals surface area contributed by atoms with E-state index in [1.165, 1.54) is 0 Å². The first kappa shape index (κ1) is 13.8. The smallest absolute Gasteiger partial charge is 0.251 e. The number of nitrogens with zero attached hydrogens (tertiary/aromatic N) is 1. The molecular weight excluding hydrogens is 252 g/mol. The van der Waals surface area contributed by atoms with Crippen molar-refractivity contribution in [1.82, 2.24) is 15.3 Å². The predicted molar refractivity (Wildman–Crippen MR) is 76.8 cm³/mol. The van der Waals surface area contributed by atoms with E-state index in [9.17, 15) is 4.79 Å². The largest absolute Gasteiger partial charge is 0.347 e. The number of hydrogen-bond acceptors (Lipinski definition) is 3. The first-order valence-corrected chi connectivity index (χ1v) is 6.30. The highest BCUT2D eigenvalue weighted by Gasteiger charge is 2.12. The molecule has 0 fully saturated rings. The zero-order chi connectivity index (χ0) is 14.4. The number of aromatic amines is 1. The molecule has 5 nitrogen and oxygen atoms in total. The van der Waals surface area contributed by atoms with E-state index in [1.807, 2.05) is 6.92 Å². The normalized spacial score (nSPS) is 11.3. The molecule has 0 aliphatic rings. The lowest BCUT2D eigenvalue weighted by atomic mass is 10.1. The molecule has 0 aliphatic heterocycles. The van der Waals surface area contributed by atoms with E-state index in [0.717, 1.165) is 11.4 Å². The maximum Gasteiger partial charge on any atom is 0.251 e. The third-order valence-corrected chi connectivity index (χ3v) is 2.76. The number of nitrogens with one attached hydrogen (secondary N) is 2. The molecule has 1 atom stereocenters. The van der Waals surface area contributed by atoms with Gasteiger partial charge in [-0.15, -0.1) is 0 Å². The van der Waals surface area contributed by atoms with Crippen LogP contribution < -0.4 is 11.1 Å². The van der Waals surface area contributed by atoms with E-state index in [2.05, 4.69) is 27.1 Å². The summed E-state index contributed by atoms with van der Waals surface area (Å²) in [5, 5.41) is 2.87. The molecule has 1 amide bonds. The summed E-state index contributed by atoms with van der Waals surface area (Å²) < 4.78 is 0.